The van der Waals surface area contributed by atoms with E-state index in [2.05, 4.69) is 76.9 Å². The molecule has 2 bridgehead atoms. The summed E-state index contributed by atoms with van der Waals surface area (Å²) in [6, 6.07) is 29.3. The largest absolute Gasteiger partial charge is 0.496 e. The molecule has 0 aromatic heterocycles. The van der Waals surface area contributed by atoms with Crippen LogP contribution < -0.4 is 10.1 Å². The minimum Gasteiger partial charge on any atom is -0.496 e. The second kappa shape index (κ2) is 9.25. The molecule has 3 heterocycles. The molecular formula is C28H32N2O. The molecule has 0 spiro atoms. The number of hydrogen-bond donors (Lipinski definition) is 1. The summed E-state index contributed by atoms with van der Waals surface area (Å²) in [6.45, 7) is 3.45. The zero-order chi connectivity index (χ0) is 21.0. The summed E-state index contributed by atoms with van der Waals surface area (Å²) >= 11 is 0. The van der Waals surface area contributed by atoms with E-state index in [-0.39, 0.29) is 0 Å². The molecule has 3 fully saturated rings. The third kappa shape index (κ3) is 4.39. The molecule has 3 aliphatic heterocycles. The summed E-state index contributed by atoms with van der Waals surface area (Å²) in [6.07, 6.45) is 3.76. The van der Waals surface area contributed by atoms with Gasteiger partial charge in [-0.3, -0.25) is 4.90 Å². The number of nitrogens with zero attached hydrogens (tertiary/aromatic N) is 1. The van der Waals surface area contributed by atoms with E-state index in [1.54, 1.807) is 7.11 Å². The molecule has 3 saturated heterocycles. The Kier molecular flexibility index (Phi) is 6.06. The van der Waals surface area contributed by atoms with Gasteiger partial charge in [0.1, 0.15) is 5.75 Å². The Balaban J connectivity index is 1.31. The van der Waals surface area contributed by atoms with Gasteiger partial charge in [-0.25, -0.2) is 0 Å². The van der Waals surface area contributed by atoms with Gasteiger partial charge in [-0.2, -0.15) is 0 Å². The zero-order valence-corrected chi connectivity index (χ0v) is 18.3. The van der Waals surface area contributed by atoms with E-state index in [0.29, 0.717) is 12.1 Å². The van der Waals surface area contributed by atoms with E-state index < -0.39 is 0 Å². The van der Waals surface area contributed by atoms with Crippen LogP contribution in [0.3, 0.4) is 0 Å². The van der Waals surface area contributed by atoms with Crippen LogP contribution in [0.5, 0.6) is 5.75 Å². The van der Waals surface area contributed by atoms with Crippen LogP contribution in [0.4, 0.5) is 0 Å². The first-order valence-corrected chi connectivity index (χ1v) is 11.6. The Morgan fingerprint density at radius 2 is 1.55 bits per heavy atom. The molecule has 3 nitrogen and oxygen atoms in total. The number of rotatable bonds is 7. The van der Waals surface area contributed by atoms with Gasteiger partial charge in [0.15, 0.2) is 0 Å². The van der Waals surface area contributed by atoms with Gasteiger partial charge in [-0.15, -0.1) is 0 Å². The summed E-state index contributed by atoms with van der Waals surface area (Å²) in [4.78, 5) is 2.72. The first-order valence-electron chi connectivity index (χ1n) is 11.6. The van der Waals surface area contributed by atoms with Crippen LogP contribution in [0.2, 0.25) is 0 Å². The lowest BCUT2D eigenvalue weighted by Crippen LogP contribution is -2.63. The third-order valence-corrected chi connectivity index (χ3v) is 7.17. The maximum absolute atomic E-state index is 5.55. The van der Waals surface area contributed by atoms with Crippen molar-refractivity contribution in [3.63, 3.8) is 0 Å². The number of ether oxygens (including phenoxy) is 1. The second-order valence-corrected chi connectivity index (χ2v) is 8.93. The lowest BCUT2D eigenvalue weighted by Gasteiger charge is -2.51. The van der Waals surface area contributed by atoms with E-state index in [1.165, 1.54) is 42.6 Å². The lowest BCUT2D eigenvalue weighted by molar-refractivity contribution is 0.0127. The minimum atomic E-state index is 0.566. The van der Waals surface area contributed by atoms with Gasteiger partial charge in [0.25, 0.3) is 0 Å². The van der Waals surface area contributed by atoms with Gasteiger partial charge in [0.2, 0.25) is 0 Å². The third-order valence-electron chi connectivity index (χ3n) is 7.17. The highest BCUT2D eigenvalue weighted by Crippen LogP contribution is 2.35. The Morgan fingerprint density at radius 1 is 0.839 bits per heavy atom. The highest BCUT2D eigenvalue weighted by Gasteiger charge is 2.41. The van der Waals surface area contributed by atoms with Crippen molar-refractivity contribution in [1.29, 1.82) is 0 Å². The molecule has 0 saturated carbocycles. The molecule has 2 unspecified atom stereocenters. The second-order valence-electron chi connectivity index (χ2n) is 8.93. The number of nitrogens with one attached hydrogen (secondary N) is 1. The number of hydrogen-bond acceptors (Lipinski definition) is 3. The number of piperidine rings is 3. The summed E-state index contributed by atoms with van der Waals surface area (Å²) in [5.41, 5.74) is 5.16. The Hall–Kier alpha value is -2.62. The first-order chi connectivity index (χ1) is 15.3. The topological polar surface area (TPSA) is 24.5 Å². The van der Waals surface area contributed by atoms with Crippen LogP contribution in [-0.4, -0.2) is 37.2 Å². The summed E-state index contributed by atoms with van der Waals surface area (Å²) in [7, 11) is 1.74. The molecule has 0 radical (unpaired) electrons. The fourth-order valence-electron chi connectivity index (χ4n) is 5.49. The fourth-order valence-corrected chi connectivity index (χ4v) is 5.49. The van der Waals surface area contributed by atoms with Crippen LogP contribution >= 0.6 is 0 Å². The van der Waals surface area contributed by atoms with Crippen molar-refractivity contribution in [1.82, 2.24) is 10.2 Å². The van der Waals surface area contributed by atoms with Gasteiger partial charge in [0, 0.05) is 24.2 Å². The van der Waals surface area contributed by atoms with Crippen LogP contribution in [-0.2, 0) is 13.0 Å². The number of methoxy groups -OCH3 is 1. The molecule has 2 atom stereocenters. The molecule has 3 heteroatoms. The van der Waals surface area contributed by atoms with Crippen LogP contribution in [0.25, 0.3) is 11.1 Å². The van der Waals surface area contributed by atoms with E-state index in [9.17, 15) is 0 Å². The molecule has 3 aromatic rings. The van der Waals surface area contributed by atoms with Gasteiger partial charge in [-0.05, 0) is 61.0 Å². The quantitative estimate of drug-likeness (QED) is 0.580. The van der Waals surface area contributed by atoms with Gasteiger partial charge in [-0.1, -0.05) is 72.8 Å². The highest BCUT2D eigenvalue weighted by molar-refractivity contribution is 5.70. The van der Waals surface area contributed by atoms with Crippen LogP contribution in [0, 0.1) is 5.92 Å². The predicted octanol–water partition coefficient (Wildman–Crippen LogP) is 5.16. The average Bonchev–Trinajstić information content (AvgIpc) is 2.85. The number of fused-ring (bicyclic) bond motifs is 3. The fraction of sp³-hybridized carbons (Fsp3) is 0.357. The number of benzene rings is 3. The van der Waals surface area contributed by atoms with Crippen molar-refractivity contribution < 1.29 is 4.74 Å². The van der Waals surface area contributed by atoms with E-state index in [4.69, 9.17) is 4.74 Å². The van der Waals surface area contributed by atoms with Gasteiger partial charge in [0.05, 0.1) is 7.11 Å². The normalized spacial score (nSPS) is 24.8. The lowest BCUT2D eigenvalue weighted by atomic mass is 9.76. The SMILES string of the molecule is COc1ccccc1-c1ccc(CC2C(NCc3ccccc3)C3CCN2CC3)cc1. The monoisotopic (exact) mass is 412 g/mol. The molecule has 3 aliphatic rings. The smallest absolute Gasteiger partial charge is 0.126 e. The van der Waals surface area contributed by atoms with E-state index in [1.807, 2.05) is 12.1 Å². The summed E-state index contributed by atoms with van der Waals surface area (Å²) in [5, 5.41) is 3.93. The molecular weight excluding hydrogens is 380 g/mol. The highest BCUT2D eigenvalue weighted by atomic mass is 16.5. The Labute approximate surface area is 186 Å². The summed E-state index contributed by atoms with van der Waals surface area (Å²) in [5.74, 6) is 1.72. The number of para-hydroxylation sites is 1. The van der Waals surface area contributed by atoms with Crippen molar-refractivity contribution in [3.05, 3.63) is 90.0 Å². The molecule has 31 heavy (non-hydrogen) atoms. The average molecular weight is 413 g/mol. The Bertz CT molecular complexity index is 977. The zero-order valence-electron chi connectivity index (χ0n) is 18.3. The van der Waals surface area contributed by atoms with Gasteiger partial charge < -0.3 is 10.1 Å². The standard InChI is InChI=1S/C28H32N2O/c1-31-27-10-6-5-9-25(27)23-13-11-21(12-14-23)19-26-28(24-15-17-30(26)18-16-24)29-20-22-7-3-2-4-8-22/h2-14,24,26,28-29H,15-20H2,1H3. The molecule has 160 valence electrons. The molecule has 6 rings (SSSR count). The van der Waals surface area contributed by atoms with Crippen LogP contribution in [0.15, 0.2) is 78.9 Å². The Morgan fingerprint density at radius 3 is 2.29 bits per heavy atom. The summed E-state index contributed by atoms with van der Waals surface area (Å²) < 4.78 is 5.55. The maximum atomic E-state index is 5.55. The maximum Gasteiger partial charge on any atom is 0.126 e. The first kappa shape index (κ1) is 20.3. The van der Waals surface area contributed by atoms with Crippen molar-refractivity contribution >= 4 is 0 Å². The van der Waals surface area contributed by atoms with Crippen molar-refractivity contribution in [2.75, 3.05) is 20.2 Å². The van der Waals surface area contributed by atoms with Crippen molar-refractivity contribution in [2.24, 2.45) is 5.92 Å². The van der Waals surface area contributed by atoms with Crippen LogP contribution in [0.1, 0.15) is 24.0 Å². The predicted molar refractivity (Wildman–Crippen MR) is 127 cm³/mol. The molecule has 3 aromatic carbocycles. The molecule has 0 aliphatic carbocycles. The van der Waals surface area contributed by atoms with Crippen molar-refractivity contribution in [3.8, 4) is 16.9 Å². The molecule has 0 amide bonds. The van der Waals surface area contributed by atoms with Gasteiger partial charge >= 0.3 is 0 Å². The minimum absolute atomic E-state index is 0.566. The van der Waals surface area contributed by atoms with Crippen molar-refractivity contribution in [2.45, 2.75) is 37.9 Å². The van der Waals surface area contributed by atoms with E-state index in [0.717, 1.165) is 30.2 Å². The molecule has 1 N–H and O–H groups in total. The van der Waals surface area contributed by atoms with E-state index >= 15 is 0 Å².